The van der Waals surface area contributed by atoms with Gasteiger partial charge in [0, 0.05) is 12.8 Å². The van der Waals surface area contributed by atoms with Crippen LogP contribution in [0.3, 0.4) is 0 Å². The molecule has 6 nitrogen and oxygen atoms in total. The highest BCUT2D eigenvalue weighted by Gasteiger charge is 2.27. The molecule has 2 aromatic carbocycles. The zero-order valence-electron chi connectivity index (χ0n) is 14.7. The van der Waals surface area contributed by atoms with Crippen LogP contribution in [0.1, 0.15) is 30.4 Å². The van der Waals surface area contributed by atoms with Gasteiger partial charge in [-0.2, -0.15) is 0 Å². The molecule has 0 spiro atoms. The monoisotopic (exact) mass is 372 g/mol. The van der Waals surface area contributed by atoms with E-state index in [0.29, 0.717) is 30.6 Å². The van der Waals surface area contributed by atoms with E-state index in [1.165, 1.54) is 24.3 Å². The minimum absolute atomic E-state index is 0.0677. The average Bonchev–Trinajstić information content (AvgIpc) is 2.58. The van der Waals surface area contributed by atoms with Gasteiger partial charge in [0.25, 0.3) is 10.0 Å². The highest BCUT2D eigenvalue weighted by atomic mass is 32.2. The minimum atomic E-state index is -3.76. The maximum absolute atomic E-state index is 12.6. The number of amides is 2. The number of benzene rings is 2. The van der Waals surface area contributed by atoms with Crippen molar-refractivity contribution in [1.29, 1.82) is 0 Å². The van der Waals surface area contributed by atoms with Gasteiger partial charge >= 0.3 is 0 Å². The van der Waals surface area contributed by atoms with Crippen molar-refractivity contribution >= 4 is 33.2 Å². The zero-order valence-corrected chi connectivity index (χ0v) is 15.5. The van der Waals surface area contributed by atoms with Crippen LogP contribution in [0.25, 0.3) is 0 Å². The van der Waals surface area contributed by atoms with Crippen molar-refractivity contribution in [3.63, 3.8) is 0 Å². The van der Waals surface area contributed by atoms with Gasteiger partial charge in [0.2, 0.25) is 11.8 Å². The van der Waals surface area contributed by atoms with Crippen molar-refractivity contribution < 1.29 is 18.0 Å². The molecule has 1 N–H and O–H groups in total. The summed E-state index contributed by atoms with van der Waals surface area (Å²) < 4.78 is 27.8. The number of aryl methyl sites for hydroxylation is 2. The van der Waals surface area contributed by atoms with Gasteiger partial charge < -0.3 is 0 Å². The van der Waals surface area contributed by atoms with Crippen LogP contribution in [0.5, 0.6) is 0 Å². The van der Waals surface area contributed by atoms with E-state index in [9.17, 15) is 18.0 Å². The molecule has 0 aromatic heterocycles. The number of piperidine rings is 1. The molecule has 1 aliphatic heterocycles. The summed E-state index contributed by atoms with van der Waals surface area (Å²) in [6.45, 7) is 3.77. The molecule has 1 aliphatic rings. The number of anilines is 2. The normalized spacial score (nSPS) is 15.2. The molecule has 3 rings (SSSR count). The summed E-state index contributed by atoms with van der Waals surface area (Å²) in [5, 5.41) is 0. The second kappa shape index (κ2) is 6.92. The van der Waals surface area contributed by atoms with Gasteiger partial charge in [-0.3, -0.25) is 19.2 Å². The molecule has 0 aliphatic carbocycles. The third-order valence-corrected chi connectivity index (χ3v) is 5.69. The second-order valence-electron chi connectivity index (χ2n) is 6.39. The van der Waals surface area contributed by atoms with Crippen LogP contribution in [0.2, 0.25) is 0 Å². The lowest BCUT2D eigenvalue weighted by Crippen LogP contribution is -2.40. The number of nitrogens with zero attached hydrogens (tertiary/aromatic N) is 1. The smallest absolute Gasteiger partial charge is 0.261 e. The van der Waals surface area contributed by atoms with Crippen molar-refractivity contribution in [2.45, 2.75) is 38.0 Å². The van der Waals surface area contributed by atoms with E-state index < -0.39 is 10.0 Å². The topological polar surface area (TPSA) is 83.6 Å². The number of hydrogen-bond donors (Lipinski definition) is 1. The first-order chi connectivity index (χ1) is 12.3. The van der Waals surface area contributed by atoms with Crippen LogP contribution in [-0.4, -0.2) is 20.2 Å². The third kappa shape index (κ3) is 3.62. The van der Waals surface area contributed by atoms with Gasteiger partial charge in [0.1, 0.15) is 0 Å². The lowest BCUT2D eigenvalue weighted by atomic mass is 10.1. The van der Waals surface area contributed by atoms with Crippen molar-refractivity contribution in [2.75, 3.05) is 9.62 Å². The second-order valence-corrected chi connectivity index (χ2v) is 8.08. The third-order valence-electron chi connectivity index (χ3n) is 4.31. The van der Waals surface area contributed by atoms with Gasteiger partial charge in [-0.1, -0.05) is 17.7 Å². The highest BCUT2D eigenvalue weighted by Crippen LogP contribution is 2.25. The van der Waals surface area contributed by atoms with E-state index in [2.05, 4.69) is 4.72 Å². The maximum Gasteiger partial charge on any atom is 0.261 e. The number of hydrogen-bond acceptors (Lipinski definition) is 4. The van der Waals surface area contributed by atoms with Crippen LogP contribution < -0.4 is 9.62 Å². The van der Waals surface area contributed by atoms with E-state index in [1.54, 1.807) is 6.07 Å². The van der Waals surface area contributed by atoms with Gasteiger partial charge in [-0.25, -0.2) is 8.42 Å². The predicted octanol–water partition coefficient (Wildman–Crippen LogP) is 3.15. The fourth-order valence-electron chi connectivity index (χ4n) is 2.95. The molecule has 2 aromatic rings. The first kappa shape index (κ1) is 18.1. The quantitative estimate of drug-likeness (QED) is 0.836. The fraction of sp³-hybridized carbons (Fsp3) is 0.263. The molecule has 136 valence electrons. The van der Waals surface area contributed by atoms with Gasteiger partial charge in [0.05, 0.1) is 16.3 Å². The summed E-state index contributed by atoms with van der Waals surface area (Å²) in [6, 6.07) is 11.2. The number of carbonyl (C=O) groups is 2. The lowest BCUT2D eigenvalue weighted by Gasteiger charge is -2.24. The van der Waals surface area contributed by atoms with Crippen LogP contribution >= 0.6 is 0 Å². The number of imide groups is 1. The number of carbonyl (C=O) groups excluding carboxylic acids is 2. The summed E-state index contributed by atoms with van der Waals surface area (Å²) in [5.41, 5.74) is 2.78. The molecule has 0 saturated carbocycles. The Morgan fingerprint density at radius 3 is 2.12 bits per heavy atom. The molecule has 0 radical (unpaired) electrons. The molecule has 1 fully saturated rings. The molecular weight excluding hydrogens is 352 g/mol. The molecule has 1 saturated heterocycles. The predicted molar refractivity (Wildman–Crippen MR) is 99.5 cm³/mol. The largest absolute Gasteiger partial charge is 0.279 e. The van der Waals surface area contributed by atoms with Crippen LogP contribution in [0.4, 0.5) is 11.4 Å². The van der Waals surface area contributed by atoms with Crippen molar-refractivity contribution in [3.05, 3.63) is 53.6 Å². The Kier molecular flexibility index (Phi) is 4.82. The van der Waals surface area contributed by atoms with Crippen molar-refractivity contribution in [1.82, 2.24) is 0 Å². The Hall–Kier alpha value is -2.67. The standard InChI is InChI=1S/C19H20N2O4S/c1-13-6-11-17(14(2)12-13)20-26(24,25)16-9-7-15(8-10-16)21-18(22)4-3-5-19(21)23/h6-12,20H,3-5H2,1-2H3. The molecule has 0 bridgehead atoms. The molecule has 7 heteroatoms. The van der Waals surface area contributed by atoms with Gasteiger partial charge in [0.15, 0.2) is 0 Å². The molecule has 0 atom stereocenters. The number of nitrogens with one attached hydrogen (secondary N) is 1. The zero-order chi connectivity index (χ0) is 18.9. The summed E-state index contributed by atoms with van der Waals surface area (Å²) in [4.78, 5) is 25.1. The summed E-state index contributed by atoms with van der Waals surface area (Å²) >= 11 is 0. The Morgan fingerprint density at radius 1 is 0.923 bits per heavy atom. The Morgan fingerprint density at radius 2 is 1.54 bits per heavy atom. The van der Waals surface area contributed by atoms with Crippen LogP contribution in [-0.2, 0) is 19.6 Å². The Balaban J connectivity index is 1.85. The lowest BCUT2D eigenvalue weighted by molar-refractivity contribution is -0.129. The number of rotatable bonds is 4. The molecule has 0 unspecified atom stereocenters. The van der Waals surface area contributed by atoms with E-state index in [-0.39, 0.29) is 16.7 Å². The average molecular weight is 372 g/mol. The first-order valence-corrected chi connectivity index (χ1v) is 9.82. The van der Waals surface area contributed by atoms with Gasteiger partial charge in [-0.05, 0) is 56.2 Å². The van der Waals surface area contributed by atoms with E-state index >= 15 is 0 Å². The summed E-state index contributed by atoms with van der Waals surface area (Å²) in [5.74, 6) is -0.518. The number of sulfonamides is 1. The fourth-order valence-corrected chi connectivity index (χ4v) is 4.08. The molecular formula is C19H20N2O4S. The minimum Gasteiger partial charge on any atom is -0.279 e. The van der Waals surface area contributed by atoms with Gasteiger partial charge in [-0.15, -0.1) is 0 Å². The van der Waals surface area contributed by atoms with E-state index in [0.717, 1.165) is 16.0 Å². The van der Waals surface area contributed by atoms with Crippen molar-refractivity contribution in [2.24, 2.45) is 0 Å². The van der Waals surface area contributed by atoms with E-state index in [1.807, 2.05) is 26.0 Å². The van der Waals surface area contributed by atoms with E-state index in [4.69, 9.17) is 0 Å². The molecule has 26 heavy (non-hydrogen) atoms. The maximum atomic E-state index is 12.6. The Bertz CT molecular complexity index is 950. The van der Waals surface area contributed by atoms with Crippen LogP contribution in [0.15, 0.2) is 47.4 Å². The summed E-state index contributed by atoms with van der Waals surface area (Å²) in [7, 11) is -3.76. The molecule has 1 heterocycles. The summed E-state index contributed by atoms with van der Waals surface area (Å²) in [6.07, 6.45) is 1.19. The molecule has 2 amide bonds. The first-order valence-electron chi connectivity index (χ1n) is 8.34. The van der Waals surface area contributed by atoms with Crippen LogP contribution in [0, 0.1) is 13.8 Å². The van der Waals surface area contributed by atoms with Crippen molar-refractivity contribution in [3.8, 4) is 0 Å². The highest BCUT2D eigenvalue weighted by molar-refractivity contribution is 7.92. The SMILES string of the molecule is Cc1ccc(NS(=O)(=O)c2ccc(N3C(=O)CCCC3=O)cc2)c(C)c1. The Labute approximate surface area is 152 Å².